The van der Waals surface area contributed by atoms with Crippen molar-refractivity contribution in [2.75, 3.05) is 46.5 Å². The number of β-amino-alcohol motifs (C(OH)–C–C–N with tert-alkyl or cyclic N) is 1. The van der Waals surface area contributed by atoms with E-state index in [1.165, 1.54) is 6.92 Å². The summed E-state index contributed by atoms with van der Waals surface area (Å²) in [5, 5.41) is 15.7. The lowest BCUT2D eigenvalue weighted by Gasteiger charge is -2.32. The fourth-order valence-corrected chi connectivity index (χ4v) is 4.46. The van der Waals surface area contributed by atoms with Crippen LogP contribution in [0, 0.1) is 6.92 Å². The van der Waals surface area contributed by atoms with Gasteiger partial charge in [-0.1, -0.05) is 23.8 Å². The summed E-state index contributed by atoms with van der Waals surface area (Å²) in [6.45, 7) is 7.09. The quantitative estimate of drug-likeness (QED) is 0.451. The van der Waals surface area contributed by atoms with Crippen LogP contribution in [0.5, 0.6) is 17.2 Å². The zero-order chi connectivity index (χ0) is 26.3. The van der Waals surface area contributed by atoms with Gasteiger partial charge in [0.05, 0.1) is 20.2 Å². The second-order valence-electron chi connectivity index (χ2n) is 9.58. The lowest BCUT2D eigenvalue weighted by atomic mass is 10.0. The molecule has 0 spiro atoms. The number of carbonyl (C=O) groups is 1. The predicted octanol–water partition coefficient (Wildman–Crippen LogP) is 2.75. The number of hydrogen-bond donors (Lipinski definition) is 1. The van der Waals surface area contributed by atoms with Crippen molar-refractivity contribution >= 4 is 5.91 Å². The van der Waals surface area contributed by atoms with Crippen LogP contribution in [0.2, 0.25) is 0 Å². The van der Waals surface area contributed by atoms with Gasteiger partial charge in [0.25, 0.3) is 0 Å². The molecule has 9 heteroatoms. The van der Waals surface area contributed by atoms with Gasteiger partial charge in [-0.3, -0.25) is 14.4 Å². The van der Waals surface area contributed by atoms with Gasteiger partial charge in [-0.2, -0.15) is 5.10 Å². The average Bonchev–Trinajstić information content (AvgIpc) is 3.34. The highest BCUT2D eigenvalue weighted by Crippen LogP contribution is 2.29. The molecule has 1 amide bonds. The fourth-order valence-electron chi connectivity index (χ4n) is 4.46. The molecule has 0 radical (unpaired) electrons. The first-order valence-corrected chi connectivity index (χ1v) is 12.5. The summed E-state index contributed by atoms with van der Waals surface area (Å²) in [4.78, 5) is 16.1. The number of aryl methyl sites for hydroxylation is 1. The van der Waals surface area contributed by atoms with Crippen molar-refractivity contribution in [3.05, 3.63) is 72.1 Å². The van der Waals surface area contributed by atoms with Crippen molar-refractivity contribution in [3.63, 3.8) is 0 Å². The molecular formula is C28H36N4O5. The van der Waals surface area contributed by atoms with Crippen molar-refractivity contribution in [2.24, 2.45) is 0 Å². The van der Waals surface area contributed by atoms with E-state index >= 15 is 0 Å². The van der Waals surface area contributed by atoms with Gasteiger partial charge in [0.2, 0.25) is 5.91 Å². The summed E-state index contributed by atoms with van der Waals surface area (Å²) in [7, 11) is 1.62. The molecule has 1 aromatic heterocycles. The Hall–Kier alpha value is -3.56. The third-order valence-corrected chi connectivity index (χ3v) is 6.43. The first-order chi connectivity index (χ1) is 17.8. The number of nitrogens with zero attached hydrogens (tertiary/aromatic N) is 4. The van der Waals surface area contributed by atoms with Gasteiger partial charge >= 0.3 is 0 Å². The number of amides is 1. The molecule has 0 bridgehead atoms. The molecule has 1 atom stereocenters. The molecule has 9 nitrogen and oxygen atoms in total. The molecule has 3 aromatic rings. The second-order valence-corrected chi connectivity index (χ2v) is 9.58. The molecular weight excluding hydrogens is 472 g/mol. The Morgan fingerprint density at radius 2 is 1.89 bits per heavy atom. The summed E-state index contributed by atoms with van der Waals surface area (Å²) in [6, 6.07) is 15.5. The Labute approximate surface area is 218 Å². The SMILES string of the molecule is COc1cc(CN2CCN(C(C)=O)C[C@](O)(COc3ccc(C)cc3)C2)ccc1OCCn1cccn1. The molecule has 1 aliphatic heterocycles. The van der Waals surface area contributed by atoms with Crippen LogP contribution < -0.4 is 14.2 Å². The smallest absolute Gasteiger partial charge is 0.219 e. The number of rotatable bonds is 10. The fraction of sp³-hybridized carbons (Fsp3) is 0.429. The van der Waals surface area contributed by atoms with Crippen molar-refractivity contribution < 1.29 is 24.1 Å². The Bertz CT molecular complexity index is 1150. The van der Waals surface area contributed by atoms with Gasteiger partial charge < -0.3 is 24.2 Å². The van der Waals surface area contributed by atoms with Crippen molar-refractivity contribution in [1.29, 1.82) is 0 Å². The van der Waals surface area contributed by atoms with Crippen LogP contribution in [0.1, 0.15) is 18.1 Å². The predicted molar refractivity (Wildman–Crippen MR) is 140 cm³/mol. The number of ether oxygens (including phenoxy) is 3. The molecule has 1 saturated heterocycles. The maximum Gasteiger partial charge on any atom is 0.219 e. The molecule has 2 heterocycles. The normalized spacial score (nSPS) is 18.3. The number of methoxy groups -OCH3 is 1. The van der Waals surface area contributed by atoms with Crippen LogP contribution >= 0.6 is 0 Å². The van der Waals surface area contributed by atoms with E-state index in [4.69, 9.17) is 14.2 Å². The van der Waals surface area contributed by atoms with Gasteiger partial charge in [-0.25, -0.2) is 0 Å². The molecule has 37 heavy (non-hydrogen) atoms. The van der Waals surface area contributed by atoms with E-state index in [1.54, 1.807) is 18.2 Å². The van der Waals surface area contributed by atoms with E-state index in [0.717, 1.165) is 11.1 Å². The monoisotopic (exact) mass is 508 g/mol. The van der Waals surface area contributed by atoms with E-state index in [1.807, 2.05) is 66.3 Å². The largest absolute Gasteiger partial charge is 0.493 e. The minimum Gasteiger partial charge on any atom is -0.493 e. The van der Waals surface area contributed by atoms with Crippen LogP contribution in [-0.2, 0) is 17.9 Å². The summed E-state index contributed by atoms with van der Waals surface area (Å²) in [5.74, 6) is 1.95. The number of carbonyl (C=O) groups excluding carboxylic acids is 1. The van der Waals surface area contributed by atoms with E-state index in [9.17, 15) is 9.90 Å². The molecule has 0 saturated carbocycles. The highest BCUT2D eigenvalue weighted by atomic mass is 16.5. The average molecular weight is 509 g/mol. The Morgan fingerprint density at radius 3 is 2.59 bits per heavy atom. The van der Waals surface area contributed by atoms with Crippen molar-refractivity contribution in [1.82, 2.24) is 19.6 Å². The first kappa shape index (κ1) is 26.5. The number of aromatic nitrogens is 2. The minimum absolute atomic E-state index is 0.0612. The molecule has 0 unspecified atom stereocenters. The summed E-state index contributed by atoms with van der Waals surface area (Å²) in [5.41, 5.74) is 0.945. The van der Waals surface area contributed by atoms with E-state index in [-0.39, 0.29) is 19.1 Å². The van der Waals surface area contributed by atoms with E-state index in [2.05, 4.69) is 10.00 Å². The number of benzene rings is 2. The first-order valence-electron chi connectivity index (χ1n) is 12.5. The third kappa shape index (κ3) is 7.47. The van der Waals surface area contributed by atoms with Gasteiger partial charge in [-0.15, -0.1) is 0 Å². The van der Waals surface area contributed by atoms with Gasteiger partial charge in [0, 0.05) is 45.5 Å². The van der Waals surface area contributed by atoms with Crippen LogP contribution in [0.3, 0.4) is 0 Å². The van der Waals surface area contributed by atoms with E-state index < -0.39 is 5.60 Å². The molecule has 4 rings (SSSR count). The molecule has 0 aliphatic carbocycles. The van der Waals surface area contributed by atoms with E-state index in [0.29, 0.717) is 56.6 Å². The van der Waals surface area contributed by atoms with Crippen molar-refractivity contribution in [3.8, 4) is 17.2 Å². The highest BCUT2D eigenvalue weighted by molar-refractivity contribution is 5.73. The minimum atomic E-state index is -1.22. The maximum atomic E-state index is 12.2. The topological polar surface area (TPSA) is 89.3 Å². The lowest BCUT2D eigenvalue weighted by Crippen LogP contribution is -2.51. The lowest BCUT2D eigenvalue weighted by molar-refractivity contribution is -0.132. The van der Waals surface area contributed by atoms with Gasteiger partial charge in [-0.05, 0) is 42.8 Å². The van der Waals surface area contributed by atoms with Crippen LogP contribution in [0.15, 0.2) is 60.9 Å². The molecule has 2 aromatic carbocycles. The Balaban J connectivity index is 1.42. The zero-order valence-electron chi connectivity index (χ0n) is 21.8. The Morgan fingerprint density at radius 1 is 1.08 bits per heavy atom. The van der Waals surface area contributed by atoms with Crippen LogP contribution in [0.4, 0.5) is 0 Å². The molecule has 1 N–H and O–H groups in total. The Kier molecular flexibility index (Phi) is 8.68. The van der Waals surface area contributed by atoms with Crippen molar-refractivity contribution in [2.45, 2.75) is 32.5 Å². The highest BCUT2D eigenvalue weighted by Gasteiger charge is 2.37. The summed E-state index contributed by atoms with van der Waals surface area (Å²) < 4.78 is 19.3. The maximum absolute atomic E-state index is 12.2. The molecule has 1 aliphatic rings. The van der Waals surface area contributed by atoms with Crippen LogP contribution in [0.25, 0.3) is 0 Å². The third-order valence-electron chi connectivity index (χ3n) is 6.43. The number of aliphatic hydroxyl groups is 1. The van der Waals surface area contributed by atoms with Crippen LogP contribution in [-0.4, -0.2) is 82.7 Å². The number of hydrogen-bond acceptors (Lipinski definition) is 7. The summed E-state index contributed by atoms with van der Waals surface area (Å²) in [6.07, 6.45) is 3.63. The zero-order valence-corrected chi connectivity index (χ0v) is 21.8. The molecule has 198 valence electrons. The summed E-state index contributed by atoms with van der Waals surface area (Å²) >= 11 is 0. The molecule has 1 fully saturated rings. The second kappa shape index (κ2) is 12.1. The van der Waals surface area contributed by atoms with Gasteiger partial charge in [0.1, 0.15) is 24.6 Å². The van der Waals surface area contributed by atoms with Gasteiger partial charge in [0.15, 0.2) is 11.5 Å². The standard InChI is InChI=1S/C28H36N4O5/c1-22-5-8-25(9-6-22)37-21-28(34)19-30(13-14-31(20-28)23(2)33)18-24-7-10-26(27(17-24)35-3)36-16-15-32-12-4-11-29-32/h4-12,17,34H,13-16,18-21H2,1-3H3/t28-/m0/s1.